The van der Waals surface area contributed by atoms with Crippen LogP contribution in [0.5, 0.6) is 6.01 Å². The number of aromatic nitrogens is 2. The van der Waals surface area contributed by atoms with Gasteiger partial charge in [-0.2, -0.15) is 4.98 Å². The summed E-state index contributed by atoms with van der Waals surface area (Å²) < 4.78 is 45.2. The van der Waals surface area contributed by atoms with Crippen molar-refractivity contribution < 1.29 is 17.9 Å². The van der Waals surface area contributed by atoms with Gasteiger partial charge in [0.1, 0.15) is 11.6 Å². The van der Waals surface area contributed by atoms with Crippen LogP contribution in [0.1, 0.15) is 17.2 Å². The molecule has 0 amide bonds. The number of hydrogen-bond acceptors (Lipinski definition) is 4. The van der Waals surface area contributed by atoms with E-state index in [4.69, 9.17) is 10.5 Å². The Morgan fingerprint density at radius 2 is 1.33 bits per heavy atom. The first-order chi connectivity index (χ1) is 11.5. The summed E-state index contributed by atoms with van der Waals surface area (Å²) in [6.07, 6.45) is 0.153. The Morgan fingerprint density at radius 3 is 1.79 bits per heavy atom. The molecule has 0 aliphatic heterocycles. The number of anilines is 1. The largest absolute Gasteiger partial charge is 0.450 e. The summed E-state index contributed by atoms with van der Waals surface area (Å²) in [6.45, 7) is 0. The fourth-order valence-corrected chi connectivity index (χ4v) is 2.13. The lowest BCUT2D eigenvalue weighted by Gasteiger charge is -2.19. The van der Waals surface area contributed by atoms with E-state index in [0.29, 0.717) is 11.1 Å². The molecule has 0 unspecified atom stereocenters. The van der Waals surface area contributed by atoms with Gasteiger partial charge in [-0.1, -0.05) is 24.3 Å². The molecule has 1 heterocycles. The quantitative estimate of drug-likeness (QED) is 0.793. The van der Waals surface area contributed by atoms with E-state index < -0.39 is 23.6 Å². The van der Waals surface area contributed by atoms with Crippen molar-refractivity contribution in [2.45, 2.75) is 6.10 Å². The summed E-state index contributed by atoms with van der Waals surface area (Å²) in [6, 6.07) is 11.0. The minimum atomic E-state index is -0.762. The highest BCUT2D eigenvalue weighted by Crippen LogP contribution is 2.27. The van der Waals surface area contributed by atoms with Gasteiger partial charge in [-0.25, -0.2) is 18.2 Å². The number of benzene rings is 2. The lowest BCUT2D eigenvalue weighted by atomic mass is 10.0. The second-order valence-electron chi connectivity index (χ2n) is 4.99. The number of hydrogen-bond donors (Lipinski definition) is 1. The highest BCUT2D eigenvalue weighted by atomic mass is 19.1. The predicted molar refractivity (Wildman–Crippen MR) is 81.7 cm³/mol. The average molecular weight is 331 g/mol. The standard InChI is InChI=1S/C17H12F3N3O/c18-12-5-1-10(2-6-12)15(11-3-7-13(19)8-4-11)24-17-22-9-14(20)16(21)23-17/h1-9,15H,(H2,21,22,23). The van der Waals surface area contributed by atoms with Crippen LogP contribution < -0.4 is 10.5 Å². The van der Waals surface area contributed by atoms with E-state index in [9.17, 15) is 13.2 Å². The van der Waals surface area contributed by atoms with Crippen molar-refractivity contribution in [3.05, 3.63) is 83.3 Å². The van der Waals surface area contributed by atoms with Crippen LogP contribution in [0.4, 0.5) is 19.0 Å². The topological polar surface area (TPSA) is 61.0 Å². The molecule has 0 fully saturated rings. The monoisotopic (exact) mass is 331 g/mol. The molecule has 0 spiro atoms. The number of nitrogen functional groups attached to an aromatic ring is 1. The first-order valence-corrected chi connectivity index (χ1v) is 6.98. The van der Waals surface area contributed by atoms with Gasteiger partial charge in [0.05, 0.1) is 6.20 Å². The minimum Gasteiger partial charge on any atom is -0.450 e. The maximum atomic E-state index is 13.2. The van der Waals surface area contributed by atoms with Crippen molar-refractivity contribution in [3.8, 4) is 6.01 Å². The van der Waals surface area contributed by atoms with Crippen LogP contribution in [0.2, 0.25) is 0 Å². The Bertz CT molecular complexity index is 793. The molecule has 3 aromatic rings. The average Bonchev–Trinajstić information content (AvgIpc) is 2.58. The van der Waals surface area contributed by atoms with Crippen LogP contribution >= 0.6 is 0 Å². The molecule has 4 nitrogen and oxygen atoms in total. The van der Waals surface area contributed by atoms with Gasteiger partial charge in [0.2, 0.25) is 0 Å². The van der Waals surface area contributed by atoms with E-state index in [1.54, 1.807) is 0 Å². The van der Waals surface area contributed by atoms with Crippen LogP contribution in [0.3, 0.4) is 0 Å². The van der Waals surface area contributed by atoms with Gasteiger partial charge in [0, 0.05) is 0 Å². The van der Waals surface area contributed by atoms with E-state index in [1.165, 1.54) is 48.5 Å². The number of halogens is 3. The number of rotatable bonds is 4. The van der Waals surface area contributed by atoms with E-state index >= 15 is 0 Å². The van der Waals surface area contributed by atoms with Crippen molar-refractivity contribution in [1.82, 2.24) is 9.97 Å². The predicted octanol–water partition coefficient (Wildman–Crippen LogP) is 3.64. The van der Waals surface area contributed by atoms with E-state index in [0.717, 1.165) is 6.20 Å². The molecule has 24 heavy (non-hydrogen) atoms. The van der Waals surface area contributed by atoms with Crippen LogP contribution in [-0.2, 0) is 0 Å². The van der Waals surface area contributed by atoms with Crippen molar-refractivity contribution in [1.29, 1.82) is 0 Å². The number of nitrogens with two attached hydrogens (primary N) is 1. The summed E-state index contributed by atoms with van der Waals surface area (Å²) >= 11 is 0. The summed E-state index contributed by atoms with van der Waals surface area (Å²) in [5, 5.41) is 0. The molecule has 0 aliphatic rings. The van der Waals surface area contributed by atoms with E-state index in [2.05, 4.69) is 9.97 Å². The molecular weight excluding hydrogens is 319 g/mol. The molecule has 0 atom stereocenters. The first kappa shape index (κ1) is 15.8. The molecule has 122 valence electrons. The van der Waals surface area contributed by atoms with Crippen LogP contribution in [0.15, 0.2) is 54.7 Å². The molecular formula is C17H12F3N3O. The zero-order valence-corrected chi connectivity index (χ0v) is 12.3. The van der Waals surface area contributed by atoms with Gasteiger partial charge in [0.15, 0.2) is 17.7 Å². The first-order valence-electron chi connectivity index (χ1n) is 6.98. The van der Waals surface area contributed by atoms with Crippen molar-refractivity contribution in [2.24, 2.45) is 0 Å². The zero-order chi connectivity index (χ0) is 17.1. The van der Waals surface area contributed by atoms with Gasteiger partial charge in [-0.15, -0.1) is 0 Å². The molecule has 0 bridgehead atoms. The molecule has 2 N–H and O–H groups in total. The van der Waals surface area contributed by atoms with Crippen LogP contribution in [-0.4, -0.2) is 9.97 Å². The Balaban J connectivity index is 1.99. The maximum Gasteiger partial charge on any atom is 0.319 e. The molecule has 3 rings (SSSR count). The van der Waals surface area contributed by atoms with Gasteiger partial charge in [0.25, 0.3) is 0 Å². The fraction of sp³-hybridized carbons (Fsp3) is 0.0588. The number of ether oxygens (including phenoxy) is 1. The smallest absolute Gasteiger partial charge is 0.319 e. The maximum absolute atomic E-state index is 13.2. The van der Waals surface area contributed by atoms with E-state index in [1.807, 2.05) is 0 Å². The molecule has 0 radical (unpaired) electrons. The summed E-state index contributed by atoms with van der Waals surface area (Å²) in [4.78, 5) is 7.45. The Kier molecular flexibility index (Phi) is 4.33. The minimum absolute atomic E-state index is 0.146. The lowest BCUT2D eigenvalue weighted by molar-refractivity contribution is 0.225. The summed E-state index contributed by atoms with van der Waals surface area (Å²) in [5.74, 6) is -1.92. The molecule has 0 aliphatic carbocycles. The third-order valence-corrected chi connectivity index (χ3v) is 3.32. The highest BCUT2D eigenvalue weighted by Gasteiger charge is 2.18. The van der Waals surface area contributed by atoms with Crippen LogP contribution in [0.25, 0.3) is 0 Å². The van der Waals surface area contributed by atoms with Gasteiger partial charge in [-0.3, -0.25) is 0 Å². The third-order valence-electron chi connectivity index (χ3n) is 3.32. The fourth-order valence-electron chi connectivity index (χ4n) is 2.13. The van der Waals surface area contributed by atoms with Gasteiger partial charge < -0.3 is 10.5 Å². The molecule has 0 saturated heterocycles. The van der Waals surface area contributed by atoms with Gasteiger partial charge >= 0.3 is 6.01 Å². The molecule has 7 heteroatoms. The highest BCUT2D eigenvalue weighted by molar-refractivity contribution is 5.33. The summed E-state index contributed by atoms with van der Waals surface area (Å²) in [7, 11) is 0. The Labute approximate surface area is 135 Å². The van der Waals surface area contributed by atoms with Crippen molar-refractivity contribution >= 4 is 5.82 Å². The third kappa shape index (κ3) is 3.45. The second kappa shape index (κ2) is 6.57. The van der Waals surface area contributed by atoms with Crippen molar-refractivity contribution in [3.63, 3.8) is 0 Å². The van der Waals surface area contributed by atoms with E-state index in [-0.39, 0.29) is 11.8 Å². The molecule has 0 saturated carbocycles. The molecule has 1 aromatic heterocycles. The van der Waals surface area contributed by atoms with Gasteiger partial charge in [-0.05, 0) is 35.4 Å². The van der Waals surface area contributed by atoms with Crippen LogP contribution in [0, 0.1) is 17.5 Å². The lowest BCUT2D eigenvalue weighted by Crippen LogP contribution is -2.12. The molecule has 2 aromatic carbocycles. The number of nitrogens with zero attached hydrogens (tertiary/aromatic N) is 2. The zero-order valence-electron chi connectivity index (χ0n) is 12.3. The Morgan fingerprint density at radius 1 is 0.833 bits per heavy atom. The Hall–Kier alpha value is -3.09. The normalized spacial score (nSPS) is 10.8. The SMILES string of the molecule is Nc1nc(OC(c2ccc(F)cc2)c2ccc(F)cc2)ncc1F. The summed E-state index contributed by atoms with van der Waals surface area (Å²) in [5.41, 5.74) is 6.59. The van der Waals surface area contributed by atoms with Crippen molar-refractivity contribution in [2.75, 3.05) is 5.73 Å². The second-order valence-corrected chi connectivity index (χ2v) is 4.99.